The van der Waals surface area contributed by atoms with Crippen molar-refractivity contribution in [3.8, 4) is 0 Å². The van der Waals surface area contributed by atoms with E-state index in [0.717, 1.165) is 11.4 Å². The van der Waals surface area contributed by atoms with Crippen LogP contribution in [0.15, 0.2) is 18.2 Å². The van der Waals surface area contributed by atoms with Crippen LogP contribution in [-0.4, -0.2) is 32.1 Å². The van der Waals surface area contributed by atoms with E-state index in [0.29, 0.717) is 6.54 Å². The van der Waals surface area contributed by atoms with Gasteiger partial charge in [-0.3, -0.25) is 4.90 Å². The highest BCUT2D eigenvalue weighted by atomic mass is 16.2. The Bertz CT molecular complexity index is 403. The molecule has 1 heterocycles. The lowest BCUT2D eigenvalue weighted by molar-refractivity contribution is 0.212. The zero-order chi connectivity index (χ0) is 11.0. The first-order chi connectivity index (χ1) is 7.15. The van der Waals surface area contributed by atoms with Gasteiger partial charge in [0.1, 0.15) is 0 Å². The Morgan fingerprint density at radius 3 is 2.73 bits per heavy atom. The van der Waals surface area contributed by atoms with Gasteiger partial charge in [-0.1, -0.05) is 6.07 Å². The number of benzene rings is 1. The maximum atomic E-state index is 11.7. The quantitative estimate of drug-likeness (QED) is 0.757. The zero-order valence-corrected chi connectivity index (χ0v) is 9.24. The Balaban J connectivity index is 2.54. The third-order valence-corrected chi connectivity index (χ3v) is 2.79. The van der Waals surface area contributed by atoms with Crippen molar-refractivity contribution in [2.24, 2.45) is 0 Å². The largest absolute Gasteiger partial charge is 0.388 e. The lowest BCUT2D eigenvalue weighted by Gasteiger charge is -2.33. The molecule has 1 aliphatic heterocycles. The lowest BCUT2D eigenvalue weighted by atomic mass is 10.1. The molecule has 0 unspecified atom stereocenters. The fraction of sp³-hybridized carbons (Fsp3) is 0.364. The van der Waals surface area contributed by atoms with Crippen LogP contribution < -0.4 is 10.2 Å². The van der Waals surface area contributed by atoms with Gasteiger partial charge in [-0.15, -0.1) is 0 Å². The summed E-state index contributed by atoms with van der Waals surface area (Å²) < 4.78 is 0. The Morgan fingerprint density at radius 2 is 2.07 bits per heavy atom. The van der Waals surface area contributed by atoms with Gasteiger partial charge in [0.25, 0.3) is 0 Å². The molecule has 1 aromatic carbocycles. The highest BCUT2D eigenvalue weighted by Gasteiger charge is 2.26. The SMILES string of the molecule is CNc1cccc2c1CN(C)C(=O)N2C. The summed E-state index contributed by atoms with van der Waals surface area (Å²) in [5.74, 6) is 0. The van der Waals surface area contributed by atoms with Gasteiger partial charge >= 0.3 is 6.03 Å². The van der Waals surface area contributed by atoms with Crippen LogP contribution in [0.4, 0.5) is 16.2 Å². The number of fused-ring (bicyclic) bond motifs is 1. The molecule has 2 rings (SSSR count). The van der Waals surface area contributed by atoms with Crippen LogP contribution >= 0.6 is 0 Å². The van der Waals surface area contributed by atoms with Gasteiger partial charge in [0.05, 0.1) is 12.2 Å². The molecule has 0 saturated heterocycles. The summed E-state index contributed by atoms with van der Waals surface area (Å²) in [6, 6.07) is 5.99. The molecular formula is C11H15N3O. The van der Waals surface area contributed by atoms with Crippen LogP contribution in [0, 0.1) is 0 Å². The number of hydrogen-bond acceptors (Lipinski definition) is 2. The molecule has 0 spiro atoms. The molecule has 1 N–H and O–H groups in total. The standard InChI is InChI=1S/C11H15N3O/c1-12-9-5-4-6-10-8(9)7-13(2)11(15)14(10)3/h4-6,12H,7H2,1-3H3. The molecule has 4 heteroatoms. The maximum absolute atomic E-state index is 11.7. The first kappa shape index (κ1) is 9.83. The highest BCUT2D eigenvalue weighted by Crippen LogP contribution is 2.31. The number of rotatable bonds is 1. The molecule has 15 heavy (non-hydrogen) atoms. The number of carbonyl (C=O) groups excluding carboxylic acids is 1. The second kappa shape index (κ2) is 3.46. The number of amides is 2. The van der Waals surface area contributed by atoms with Gasteiger partial charge < -0.3 is 10.2 Å². The van der Waals surface area contributed by atoms with Gasteiger partial charge in [0.2, 0.25) is 0 Å². The molecule has 1 aliphatic rings. The van der Waals surface area contributed by atoms with Crippen molar-refractivity contribution < 1.29 is 4.79 Å². The van der Waals surface area contributed by atoms with Crippen LogP contribution in [0.2, 0.25) is 0 Å². The van der Waals surface area contributed by atoms with Crippen molar-refractivity contribution in [3.05, 3.63) is 23.8 Å². The monoisotopic (exact) mass is 205 g/mol. The average Bonchev–Trinajstić information content (AvgIpc) is 2.25. The molecule has 80 valence electrons. The Labute approximate surface area is 89.5 Å². The van der Waals surface area contributed by atoms with E-state index in [1.165, 1.54) is 5.56 Å². The molecule has 1 aromatic rings. The predicted molar refractivity (Wildman–Crippen MR) is 61.3 cm³/mol. The van der Waals surface area contributed by atoms with Crippen LogP contribution in [0.1, 0.15) is 5.56 Å². The van der Waals surface area contributed by atoms with Gasteiger partial charge in [-0.25, -0.2) is 4.79 Å². The van der Waals surface area contributed by atoms with E-state index >= 15 is 0 Å². The Morgan fingerprint density at radius 1 is 1.33 bits per heavy atom. The molecule has 4 nitrogen and oxygen atoms in total. The molecule has 0 fully saturated rings. The summed E-state index contributed by atoms with van der Waals surface area (Å²) in [5.41, 5.74) is 3.24. The molecule has 0 saturated carbocycles. The lowest BCUT2D eigenvalue weighted by Crippen LogP contribution is -2.43. The van der Waals surface area contributed by atoms with Crippen LogP contribution in [-0.2, 0) is 6.54 Å². The number of carbonyl (C=O) groups is 1. The Kier molecular flexibility index (Phi) is 2.26. The van der Waals surface area contributed by atoms with E-state index in [2.05, 4.69) is 5.32 Å². The summed E-state index contributed by atoms with van der Waals surface area (Å²) in [6.07, 6.45) is 0. The molecule has 0 aliphatic carbocycles. The minimum atomic E-state index is 0.0377. The van der Waals surface area contributed by atoms with E-state index in [1.807, 2.05) is 32.3 Å². The smallest absolute Gasteiger partial charge is 0.324 e. The first-order valence-electron chi connectivity index (χ1n) is 4.93. The van der Waals surface area contributed by atoms with E-state index in [1.54, 1.807) is 16.8 Å². The second-order valence-electron chi connectivity index (χ2n) is 3.75. The summed E-state index contributed by atoms with van der Waals surface area (Å²) in [6.45, 7) is 0.662. The van der Waals surface area contributed by atoms with Crippen LogP contribution in [0.25, 0.3) is 0 Å². The van der Waals surface area contributed by atoms with Crippen molar-refractivity contribution >= 4 is 17.4 Å². The fourth-order valence-corrected chi connectivity index (χ4v) is 1.95. The minimum absolute atomic E-state index is 0.0377. The van der Waals surface area contributed by atoms with Crippen molar-refractivity contribution in [1.82, 2.24) is 4.90 Å². The number of urea groups is 1. The third-order valence-electron chi connectivity index (χ3n) is 2.79. The van der Waals surface area contributed by atoms with E-state index in [4.69, 9.17) is 0 Å². The topological polar surface area (TPSA) is 35.6 Å². The second-order valence-corrected chi connectivity index (χ2v) is 3.75. The molecular weight excluding hydrogens is 190 g/mol. The molecule has 0 atom stereocenters. The molecule has 0 aromatic heterocycles. The minimum Gasteiger partial charge on any atom is -0.388 e. The van der Waals surface area contributed by atoms with E-state index in [-0.39, 0.29) is 6.03 Å². The number of nitrogens with zero attached hydrogens (tertiary/aromatic N) is 2. The Hall–Kier alpha value is -1.71. The first-order valence-corrected chi connectivity index (χ1v) is 4.93. The zero-order valence-electron chi connectivity index (χ0n) is 9.24. The molecule has 2 amide bonds. The van der Waals surface area contributed by atoms with Gasteiger partial charge in [-0.05, 0) is 12.1 Å². The third kappa shape index (κ3) is 1.42. The van der Waals surface area contributed by atoms with Gasteiger partial charge in [0.15, 0.2) is 0 Å². The number of nitrogens with one attached hydrogen (secondary N) is 1. The highest BCUT2D eigenvalue weighted by molar-refractivity contribution is 5.95. The van der Waals surface area contributed by atoms with Crippen molar-refractivity contribution in [2.75, 3.05) is 31.4 Å². The average molecular weight is 205 g/mol. The summed E-state index contributed by atoms with van der Waals surface area (Å²) in [7, 11) is 5.51. The summed E-state index contributed by atoms with van der Waals surface area (Å²) >= 11 is 0. The van der Waals surface area contributed by atoms with Gasteiger partial charge in [-0.2, -0.15) is 0 Å². The van der Waals surface area contributed by atoms with Crippen molar-refractivity contribution in [3.63, 3.8) is 0 Å². The summed E-state index contributed by atoms with van der Waals surface area (Å²) in [5, 5.41) is 3.15. The van der Waals surface area contributed by atoms with E-state index in [9.17, 15) is 4.79 Å². The van der Waals surface area contributed by atoms with E-state index < -0.39 is 0 Å². The maximum Gasteiger partial charge on any atom is 0.324 e. The normalized spacial score (nSPS) is 15.3. The number of hydrogen-bond donors (Lipinski definition) is 1. The molecule has 0 bridgehead atoms. The van der Waals surface area contributed by atoms with Crippen molar-refractivity contribution in [2.45, 2.75) is 6.54 Å². The number of anilines is 2. The fourth-order valence-electron chi connectivity index (χ4n) is 1.95. The predicted octanol–water partition coefficient (Wildman–Crippen LogP) is 1.73. The van der Waals surface area contributed by atoms with Crippen LogP contribution in [0.5, 0.6) is 0 Å². The van der Waals surface area contributed by atoms with Crippen LogP contribution in [0.3, 0.4) is 0 Å². The van der Waals surface area contributed by atoms with Crippen molar-refractivity contribution in [1.29, 1.82) is 0 Å². The van der Waals surface area contributed by atoms with Gasteiger partial charge in [0, 0.05) is 32.4 Å². The summed E-state index contributed by atoms with van der Waals surface area (Å²) in [4.78, 5) is 15.1. The molecule has 0 radical (unpaired) electrons.